The van der Waals surface area contributed by atoms with E-state index in [1.807, 2.05) is 30.3 Å². The van der Waals surface area contributed by atoms with Gasteiger partial charge in [0, 0.05) is 24.8 Å². The molecule has 0 bridgehead atoms. The maximum absolute atomic E-state index is 12.2. The maximum Gasteiger partial charge on any atom is 0.229 e. The Hall–Kier alpha value is -2.14. The number of carbonyl (C=O) groups excluding carboxylic acids is 1. The molecule has 1 heterocycles. The number of ether oxygens (including phenoxy) is 1. The summed E-state index contributed by atoms with van der Waals surface area (Å²) in [5, 5.41) is 10.2. The molecule has 0 atom stereocenters. The molecule has 1 saturated carbocycles. The summed E-state index contributed by atoms with van der Waals surface area (Å²) in [6.07, 6.45) is 6.65. The van der Waals surface area contributed by atoms with E-state index in [0.717, 1.165) is 16.8 Å². The lowest BCUT2D eigenvalue weighted by atomic mass is 9.87. The van der Waals surface area contributed by atoms with Crippen LogP contribution in [0.2, 0.25) is 0 Å². The first-order chi connectivity index (χ1) is 11.7. The van der Waals surface area contributed by atoms with E-state index in [1.165, 1.54) is 32.1 Å². The Morgan fingerprint density at radius 3 is 2.83 bits per heavy atom. The third kappa shape index (κ3) is 4.45. The van der Waals surface area contributed by atoms with E-state index < -0.39 is 0 Å². The summed E-state index contributed by atoms with van der Waals surface area (Å²) < 4.78 is 5.13. The van der Waals surface area contributed by atoms with Gasteiger partial charge in [0.15, 0.2) is 5.82 Å². The highest BCUT2D eigenvalue weighted by atomic mass is 16.5. The largest absolute Gasteiger partial charge is 0.380 e. The summed E-state index contributed by atoms with van der Waals surface area (Å²) >= 11 is 0. The molecule has 0 aliphatic heterocycles. The van der Waals surface area contributed by atoms with Crippen LogP contribution in [0.25, 0.3) is 0 Å². The molecule has 24 heavy (non-hydrogen) atoms. The molecule has 128 valence electrons. The van der Waals surface area contributed by atoms with E-state index in [-0.39, 0.29) is 5.91 Å². The fraction of sp³-hybridized carbons (Fsp3) is 0.474. The van der Waals surface area contributed by atoms with Gasteiger partial charge in [-0.3, -0.25) is 9.89 Å². The molecule has 1 fully saturated rings. The lowest BCUT2D eigenvalue weighted by molar-refractivity contribution is -0.115. The van der Waals surface area contributed by atoms with Gasteiger partial charge in [0.25, 0.3) is 0 Å². The molecule has 2 N–H and O–H groups in total. The molecule has 0 radical (unpaired) electrons. The average molecular weight is 327 g/mol. The van der Waals surface area contributed by atoms with Crippen molar-refractivity contribution in [3.63, 3.8) is 0 Å². The highest BCUT2D eigenvalue weighted by Crippen LogP contribution is 2.32. The summed E-state index contributed by atoms with van der Waals surface area (Å²) in [4.78, 5) is 12.2. The molecule has 1 aromatic heterocycles. The van der Waals surface area contributed by atoms with Crippen LogP contribution in [0.3, 0.4) is 0 Å². The minimum atomic E-state index is -0.0498. The van der Waals surface area contributed by atoms with Crippen molar-refractivity contribution in [3.05, 3.63) is 47.2 Å². The Morgan fingerprint density at radius 1 is 1.25 bits per heavy atom. The lowest BCUT2D eigenvalue weighted by Gasteiger charge is -2.19. The fourth-order valence-electron chi connectivity index (χ4n) is 3.39. The Kier molecular flexibility index (Phi) is 5.64. The minimum Gasteiger partial charge on any atom is -0.380 e. The zero-order chi connectivity index (χ0) is 16.8. The van der Waals surface area contributed by atoms with Gasteiger partial charge in [0.05, 0.1) is 13.0 Å². The quantitative estimate of drug-likeness (QED) is 0.848. The van der Waals surface area contributed by atoms with Gasteiger partial charge >= 0.3 is 0 Å². The molecule has 5 nitrogen and oxygen atoms in total. The smallest absolute Gasteiger partial charge is 0.229 e. The predicted octanol–water partition coefficient (Wildman–Crippen LogP) is 3.79. The number of benzene rings is 1. The van der Waals surface area contributed by atoms with Gasteiger partial charge in [-0.15, -0.1) is 0 Å². The molecule has 5 heteroatoms. The Morgan fingerprint density at radius 2 is 2.04 bits per heavy atom. The minimum absolute atomic E-state index is 0.0498. The van der Waals surface area contributed by atoms with E-state index >= 15 is 0 Å². The van der Waals surface area contributed by atoms with E-state index in [4.69, 9.17) is 4.74 Å². The van der Waals surface area contributed by atoms with Gasteiger partial charge in [-0.05, 0) is 24.0 Å². The number of carbonyl (C=O) groups is 1. The van der Waals surface area contributed by atoms with Crippen molar-refractivity contribution in [2.24, 2.45) is 0 Å². The second-order valence-corrected chi connectivity index (χ2v) is 6.52. The third-order valence-corrected chi connectivity index (χ3v) is 4.58. The van der Waals surface area contributed by atoms with Crippen LogP contribution in [-0.4, -0.2) is 23.2 Å². The average Bonchev–Trinajstić information content (AvgIpc) is 3.04. The number of H-pyrrole nitrogens is 1. The molecule has 1 amide bonds. The number of methoxy groups -OCH3 is 1. The normalized spacial score (nSPS) is 15.4. The van der Waals surface area contributed by atoms with Gasteiger partial charge in [-0.1, -0.05) is 43.5 Å². The monoisotopic (exact) mass is 327 g/mol. The van der Waals surface area contributed by atoms with Crippen molar-refractivity contribution in [3.8, 4) is 0 Å². The van der Waals surface area contributed by atoms with Crippen molar-refractivity contribution < 1.29 is 9.53 Å². The number of rotatable bonds is 6. The van der Waals surface area contributed by atoms with Crippen molar-refractivity contribution >= 4 is 11.7 Å². The first-order valence-electron chi connectivity index (χ1n) is 8.66. The SMILES string of the molecule is COCc1cccc(CC(=O)Nc2cc(C3CCCCC3)[nH]n2)c1. The summed E-state index contributed by atoms with van der Waals surface area (Å²) in [6, 6.07) is 9.88. The second-order valence-electron chi connectivity index (χ2n) is 6.52. The Balaban J connectivity index is 1.57. The van der Waals surface area contributed by atoms with Crippen LogP contribution in [0, 0.1) is 0 Å². The summed E-state index contributed by atoms with van der Waals surface area (Å²) in [5.41, 5.74) is 3.19. The van der Waals surface area contributed by atoms with Crippen LogP contribution < -0.4 is 5.32 Å². The molecular weight excluding hydrogens is 302 g/mol. The van der Waals surface area contributed by atoms with E-state index in [9.17, 15) is 4.79 Å². The first kappa shape index (κ1) is 16.7. The number of hydrogen-bond donors (Lipinski definition) is 2. The summed E-state index contributed by atoms with van der Waals surface area (Å²) in [6.45, 7) is 0.555. The molecule has 0 spiro atoms. The number of anilines is 1. The third-order valence-electron chi connectivity index (χ3n) is 4.58. The summed E-state index contributed by atoms with van der Waals surface area (Å²) in [5.74, 6) is 1.13. The van der Waals surface area contributed by atoms with E-state index in [1.54, 1.807) is 7.11 Å². The molecular formula is C19H25N3O2. The Labute approximate surface area is 142 Å². The lowest BCUT2D eigenvalue weighted by Crippen LogP contribution is -2.14. The van der Waals surface area contributed by atoms with Crippen LogP contribution in [0.15, 0.2) is 30.3 Å². The molecule has 3 rings (SSSR count). The molecule has 0 saturated heterocycles. The van der Waals surface area contributed by atoms with Crippen molar-refractivity contribution in [2.45, 2.75) is 51.0 Å². The van der Waals surface area contributed by atoms with Crippen molar-refractivity contribution in [1.29, 1.82) is 0 Å². The fourth-order valence-corrected chi connectivity index (χ4v) is 3.39. The second kappa shape index (κ2) is 8.11. The van der Waals surface area contributed by atoms with Crippen LogP contribution in [0.4, 0.5) is 5.82 Å². The number of aromatic amines is 1. The van der Waals surface area contributed by atoms with Crippen molar-refractivity contribution in [1.82, 2.24) is 10.2 Å². The van der Waals surface area contributed by atoms with E-state index in [0.29, 0.717) is 24.8 Å². The molecule has 1 aliphatic carbocycles. The molecule has 0 unspecified atom stereocenters. The molecule has 1 aliphatic rings. The number of hydrogen-bond acceptors (Lipinski definition) is 3. The zero-order valence-corrected chi connectivity index (χ0v) is 14.2. The number of amides is 1. The highest BCUT2D eigenvalue weighted by molar-refractivity contribution is 5.91. The van der Waals surface area contributed by atoms with Crippen molar-refractivity contribution in [2.75, 3.05) is 12.4 Å². The van der Waals surface area contributed by atoms with Gasteiger partial charge < -0.3 is 10.1 Å². The highest BCUT2D eigenvalue weighted by Gasteiger charge is 2.18. The van der Waals surface area contributed by atoms with Crippen LogP contribution in [-0.2, 0) is 22.6 Å². The molecule has 1 aromatic carbocycles. The topological polar surface area (TPSA) is 67.0 Å². The van der Waals surface area contributed by atoms with Gasteiger partial charge in [0.2, 0.25) is 5.91 Å². The van der Waals surface area contributed by atoms with Gasteiger partial charge in [-0.25, -0.2) is 0 Å². The van der Waals surface area contributed by atoms with Crippen LogP contribution in [0.1, 0.15) is 54.8 Å². The van der Waals surface area contributed by atoms with E-state index in [2.05, 4.69) is 15.5 Å². The predicted molar refractivity (Wildman–Crippen MR) is 93.9 cm³/mol. The maximum atomic E-state index is 12.2. The van der Waals surface area contributed by atoms with Gasteiger partial charge in [0.1, 0.15) is 0 Å². The summed E-state index contributed by atoms with van der Waals surface area (Å²) in [7, 11) is 1.67. The number of nitrogens with one attached hydrogen (secondary N) is 2. The Bertz CT molecular complexity index is 675. The zero-order valence-electron chi connectivity index (χ0n) is 14.2. The van der Waals surface area contributed by atoms with Crippen LogP contribution in [0.5, 0.6) is 0 Å². The van der Waals surface area contributed by atoms with Crippen LogP contribution >= 0.6 is 0 Å². The molecule has 2 aromatic rings. The standard InChI is InChI=1S/C19H25N3O2/c1-24-13-15-7-5-6-14(10-15)11-19(23)20-18-12-17(21-22-18)16-8-3-2-4-9-16/h5-7,10,12,16H,2-4,8-9,11,13H2,1H3,(H2,20,21,22,23). The van der Waals surface area contributed by atoms with Gasteiger partial charge in [-0.2, -0.15) is 5.10 Å². The number of nitrogens with zero attached hydrogens (tertiary/aromatic N) is 1. The first-order valence-corrected chi connectivity index (χ1v) is 8.66. The number of aromatic nitrogens is 2.